The van der Waals surface area contributed by atoms with Crippen LogP contribution in [0.5, 0.6) is 5.75 Å². The van der Waals surface area contributed by atoms with Crippen LogP contribution in [-0.4, -0.2) is 57.6 Å². The lowest BCUT2D eigenvalue weighted by Gasteiger charge is -2.34. The van der Waals surface area contributed by atoms with Gasteiger partial charge in [-0.1, -0.05) is 71.2 Å². The summed E-state index contributed by atoms with van der Waals surface area (Å²) in [5.41, 5.74) is 1.44. The first-order chi connectivity index (χ1) is 18.9. The highest BCUT2D eigenvalue weighted by molar-refractivity contribution is 7.92. The van der Waals surface area contributed by atoms with E-state index in [0.717, 1.165) is 16.1 Å². The first-order valence-electron chi connectivity index (χ1n) is 12.3. The highest BCUT2D eigenvalue weighted by Crippen LogP contribution is 2.33. The number of hydrogen-bond acceptors (Lipinski definition) is 5. The molecule has 3 aromatic carbocycles. The summed E-state index contributed by atoms with van der Waals surface area (Å²) in [6.45, 7) is 1.42. The molecule has 2 amide bonds. The maximum atomic E-state index is 14.1. The number of likely N-dealkylation sites (N-methyl/N-ethyl adjacent to an activating group) is 1. The molecule has 0 aliphatic carbocycles. The minimum atomic E-state index is -3.99. The number of sulfonamides is 1. The predicted molar refractivity (Wildman–Crippen MR) is 160 cm³/mol. The summed E-state index contributed by atoms with van der Waals surface area (Å²) in [4.78, 5) is 28.8. The summed E-state index contributed by atoms with van der Waals surface area (Å²) in [6, 6.07) is 17.5. The van der Waals surface area contributed by atoms with E-state index in [4.69, 9.17) is 39.5 Å². The maximum absolute atomic E-state index is 14.1. The highest BCUT2D eigenvalue weighted by atomic mass is 35.5. The smallest absolute Gasteiger partial charge is 0.244 e. The topological polar surface area (TPSA) is 96.0 Å². The van der Waals surface area contributed by atoms with E-state index < -0.39 is 34.4 Å². The van der Waals surface area contributed by atoms with Crippen molar-refractivity contribution in [2.45, 2.75) is 25.9 Å². The Morgan fingerprint density at radius 1 is 0.975 bits per heavy atom. The van der Waals surface area contributed by atoms with Gasteiger partial charge in [0.2, 0.25) is 21.8 Å². The first-order valence-corrected chi connectivity index (χ1v) is 15.3. The Hall–Kier alpha value is -2.98. The summed E-state index contributed by atoms with van der Waals surface area (Å²) >= 11 is 18.7. The largest absolute Gasteiger partial charge is 0.495 e. The molecule has 214 valence electrons. The van der Waals surface area contributed by atoms with Gasteiger partial charge in [-0.3, -0.25) is 13.9 Å². The van der Waals surface area contributed by atoms with Crippen LogP contribution in [0, 0.1) is 0 Å². The number of rotatable bonds is 12. The Morgan fingerprint density at radius 3 is 2.23 bits per heavy atom. The fraction of sp³-hybridized carbons (Fsp3) is 0.286. The predicted octanol–water partition coefficient (Wildman–Crippen LogP) is 5.20. The average molecular weight is 627 g/mol. The number of anilines is 1. The monoisotopic (exact) mass is 625 g/mol. The third-order valence-corrected chi connectivity index (χ3v) is 8.02. The summed E-state index contributed by atoms with van der Waals surface area (Å²) in [5.74, 6) is -0.818. The van der Waals surface area contributed by atoms with Crippen molar-refractivity contribution >= 4 is 62.3 Å². The molecule has 3 aromatic rings. The summed E-state index contributed by atoms with van der Waals surface area (Å²) in [7, 11) is -2.61. The van der Waals surface area contributed by atoms with Crippen LogP contribution in [0.15, 0.2) is 66.7 Å². The molecule has 0 radical (unpaired) electrons. The highest BCUT2D eigenvalue weighted by Gasteiger charge is 2.34. The number of halogens is 3. The number of amides is 2. The van der Waals surface area contributed by atoms with Gasteiger partial charge >= 0.3 is 0 Å². The zero-order valence-corrected chi connectivity index (χ0v) is 25.3. The number of nitrogens with one attached hydrogen (secondary N) is 1. The Bertz CT molecular complexity index is 1450. The van der Waals surface area contributed by atoms with Gasteiger partial charge in [-0.25, -0.2) is 8.42 Å². The van der Waals surface area contributed by atoms with E-state index in [9.17, 15) is 18.0 Å². The van der Waals surface area contributed by atoms with E-state index in [1.807, 2.05) is 30.3 Å². The lowest BCUT2D eigenvalue weighted by atomic mass is 10.0. The summed E-state index contributed by atoms with van der Waals surface area (Å²) < 4.78 is 32.2. The van der Waals surface area contributed by atoms with E-state index in [2.05, 4.69) is 5.32 Å². The maximum Gasteiger partial charge on any atom is 0.244 e. The number of ether oxygens (including phenoxy) is 1. The van der Waals surface area contributed by atoms with Crippen molar-refractivity contribution in [1.82, 2.24) is 10.2 Å². The molecule has 0 spiro atoms. The third kappa shape index (κ3) is 8.27. The second-order valence-corrected chi connectivity index (χ2v) is 12.1. The minimum absolute atomic E-state index is 0.0756. The number of benzene rings is 3. The molecular formula is C28H30Cl3N3O5S. The zero-order chi connectivity index (χ0) is 29.4. The van der Waals surface area contributed by atoms with Crippen molar-refractivity contribution in [3.63, 3.8) is 0 Å². The van der Waals surface area contributed by atoms with Crippen LogP contribution in [0.1, 0.15) is 18.1 Å². The first kappa shape index (κ1) is 31.5. The van der Waals surface area contributed by atoms with Gasteiger partial charge in [0.15, 0.2) is 0 Å². The van der Waals surface area contributed by atoms with Gasteiger partial charge < -0.3 is 15.0 Å². The number of carbonyl (C=O) groups excluding carboxylic acids is 2. The van der Waals surface area contributed by atoms with Gasteiger partial charge in [0.05, 0.1) is 19.1 Å². The van der Waals surface area contributed by atoms with Crippen molar-refractivity contribution in [3.8, 4) is 5.75 Å². The van der Waals surface area contributed by atoms with E-state index in [1.165, 1.54) is 24.1 Å². The van der Waals surface area contributed by atoms with Crippen LogP contribution >= 0.6 is 34.8 Å². The van der Waals surface area contributed by atoms with Crippen molar-refractivity contribution < 1.29 is 22.7 Å². The van der Waals surface area contributed by atoms with Crippen LogP contribution < -0.4 is 14.4 Å². The molecule has 0 aliphatic rings. The normalized spacial score (nSPS) is 11.9. The second-order valence-electron chi connectivity index (χ2n) is 8.94. The van der Waals surface area contributed by atoms with E-state index in [1.54, 1.807) is 31.2 Å². The molecule has 0 aliphatic heterocycles. The average Bonchev–Trinajstić information content (AvgIpc) is 2.90. The van der Waals surface area contributed by atoms with Crippen LogP contribution in [0.3, 0.4) is 0 Å². The summed E-state index contributed by atoms with van der Waals surface area (Å²) in [6.07, 6.45) is 1.16. The van der Waals surface area contributed by atoms with Gasteiger partial charge in [0.1, 0.15) is 18.3 Å². The number of methoxy groups -OCH3 is 1. The Labute approximate surface area is 249 Å². The van der Waals surface area contributed by atoms with Crippen LogP contribution in [0.2, 0.25) is 15.1 Å². The Balaban J connectivity index is 2.11. The molecule has 0 bridgehead atoms. The number of carbonyl (C=O) groups is 2. The molecule has 8 nitrogen and oxygen atoms in total. The molecule has 0 fully saturated rings. The molecule has 0 unspecified atom stereocenters. The molecule has 0 saturated heterocycles. The minimum Gasteiger partial charge on any atom is -0.495 e. The van der Waals surface area contributed by atoms with Gasteiger partial charge in [0.25, 0.3) is 0 Å². The molecule has 1 N–H and O–H groups in total. The molecule has 0 aromatic heterocycles. The number of hydrogen-bond donors (Lipinski definition) is 1. The van der Waals surface area contributed by atoms with E-state index >= 15 is 0 Å². The molecular weight excluding hydrogens is 597 g/mol. The second kappa shape index (κ2) is 14.1. The lowest BCUT2D eigenvalue weighted by molar-refractivity contribution is -0.140. The lowest BCUT2D eigenvalue weighted by Crippen LogP contribution is -2.53. The Morgan fingerprint density at radius 2 is 1.62 bits per heavy atom. The summed E-state index contributed by atoms with van der Waals surface area (Å²) in [5, 5.41) is 3.76. The van der Waals surface area contributed by atoms with Gasteiger partial charge in [0, 0.05) is 34.6 Å². The standard InChI is InChI=1S/C28H30Cl3N3O5S/c1-4-32-28(36)25(14-19-8-6-5-7-9-19)33(17-20-10-11-21(29)15-23(20)31)27(35)18-34(40(3,37)38)24-16-22(30)12-13-26(24)39-2/h5-13,15-16,25H,4,14,17-18H2,1-3H3,(H,32,36)/t25-/m0/s1. The molecule has 1 atom stereocenters. The quantitative estimate of drug-likeness (QED) is 0.298. The molecule has 12 heteroatoms. The fourth-order valence-corrected chi connectivity index (χ4v) is 5.61. The molecule has 0 saturated carbocycles. The van der Waals surface area contributed by atoms with Crippen molar-refractivity contribution in [1.29, 1.82) is 0 Å². The zero-order valence-electron chi connectivity index (χ0n) is 22.2. The van der Waals surface area contributed by atoms with Crippen LogP contribution in [-0.2, 0) is 32.6 Å². The van der Waals surface area contributed by atoms with Crippen molar-refractivity contribution in [2.75, 3.05) is 30.8 Å². The number of nitrogens with zero attached hydrogens (tertiary/aromatic N) is 2. The van der Waals surface area contributed by atoms with Crippen molar-refractivity contribution in [3.05, 3.63) is 92.9 Å². The third-order valence-electron chi connectivity index (χ3n) is 6.07. The molecule has 40 heavy (non-hydrogen) atoms. The van der Waals surface area contributed by atoms with Gasteiger partial charge in [-0.2, -0.15) is 0 Å². The van der Waals surface area contributed by atoms with Crippen molar-refractivity contribution in [2.24, 2.45) is 0 Å². The van der Waals surface area contributed by atoms with E-state index in [-0.39, 0.29) is 29.4 Å². The van der Waals surface area contributed by atoms with Gasteiger partial charge in [-0.05, 0) is 48.4 Å². The van der Waals surface area contributed by atoms with Crippen LogP contribution in [0.4, 0.5) is 5.69 Å². The van der Waals surface area contributed by atoms with E-state index in [0.29, 0.717) is 22.2 Å². The fourth-order valence-electron chi connectivity index (χ4n) is 4.13. The molecule has 3 rings (SSSR count). The SMILES string of the molecule is CCNC(=O)[C@H](Cc1ccccc1)N(Cc1ccc(Cl)cc1Cl)C(=O)CN(c1cc(Cl)ccc1OC)S(C)(=O)=O. The van der Waals surface area contributed by atoms with Crippen LogP contribution in [0.25, 0.3) is 0 Å². The van der Waals surface area contributed by atoms with Gasteiger partial charge in [-0.15, -0.1) is 0 Å². The Kier molecular flexibility index (Phi) is 11.1. The molecule has 0 heterocycles.